The minimum atomic E-state index is -0.405. The number of rotatable bonds is 0. The van der Waals surface area contributed by atoms with Gasteiger partial charge in [0.1, 0.15) is 12.4 Å². The fraction of sp³-hybridized carbons (Fsp3) is 0.286. The van der Waals surface area contributed by atoms with Gasteiger partial charge in [-0.25, -0.2) is 4.79 Å². The molecule has 0 spiro atoms. The number of anilines is 1. The number of fused-ring (bicyclic) bond motifs is 1. The number of hydrazine groups is 1. The van der Waals surface area contributed by atoms with Crippen LogP contribution in [-0.4, -0.2) is 15.5 Å². The first-order valence-electron chi connectivity index (χ1n) is 3.80. The van der Waals surface area contributed by atoms with Crippen molar-refractivity contribution in [1.82, 2.24) is 15.0 Å². The van der Waals surface area contributed by atoms with E-state index in [0.717, 1.165) is 0 Å². The predicted molar refractivity (Wildman–Crippen MR) is 45.0 cm³/mol. The summed E-state index contributed by atoms with van der Waals surface area (Å²) in [6.07, 6.45) is 0. The second-order valence-corrected chi connectivity index (χ2v) is 2.82. The molecule has 0 saturated heterocycles. The SMILES string of the molecule is Cc1cc2n(c(=O)n1)CC(=O)NN2. The number of aromatic nitrogens is 2. The molecule has 0 radical (unpaired) electrons. The van der Waals surface area contributed by atoms with E-state index in [4.69, 9.17) is 0 Å². The summed E-state index contributed by atoms with van der Waals surface area (Å²) >= 11 is 0. The Morgan fingerprint density at radius 2 is 2.23 bits per heavy atom. The van der Waals surface area contributed by atoms with Gasteiger partial charge in [0.2, 0.25) is 0 Å². The van der Waals surface area contributed by atoms with Crippen LogP contribution in [0.4, 0.5) is 5.82 Å². The van der Waals surface area contributed by atoms with Crippen molar-refractivity contribution in [2.45, 2.75) is 13.5 Å². The van der Waals surface area contributed by atoms with Crippen molar-refractivity contribution in [2.75, 3.05) is 5.43 Å². The molecule has 0 fully saturated rings. The number of nitrogens with one attached hydrogen (secondary N) is 2. The molecule has 0 aliphatic carbocycles. The maximum absolute atomic E-state index is 11.3. The molecule has 2 heterocycles. The van der Waals surface area contributed by atoms with Gasteiger partial charge in [0, 0.05) is 11.8 Å². The van der Waals surface area contributed by atoms with Gasteiger partial charge < -0.3 is 0 Å². The first-order chi connectivity index (χ1) is 6.16. The lowest BCUT2D eigenvalue weighted by atomic mass is 10.4. The summed E-state index contributed by atoms with van der Waals surface area (Å²) in [6, 6.07) is 1.70. The van der Waals surface area contributed by atoms with Crippen molar-refractivity contribution in [3.8, 4) is 0 Å². The van der Waals surface area contributed by atoms with Crippen molar-refractivity contribution in [3.05, 3.63) is 22.2 Å². The fourth-order valence-electron chi connectivity index (χ4n) is 1.20. The van der Waals surface area contributed by atoms with Gasteiger partial charge in [0.25, 0.3) is 5.91 Å². The Balaban J connectivity index is 2.59. The number of nitrogens with zero attached hydrogens (tertiary/aromatic N) is 2. The van der Waals surface area contributed by atoms with Crippen molar-refractivity contribution in [1.29, 1.82) is 0 Å². The maximum atomic E-state index is 11.3. The Bertz CT molecular complexity index is 423. The van der Waals surface area contributed by atoms with Crippen molar-refractivity contribution < 1.29 is 4.79 Å². The second-order valence-electron chi connectivity index (χ2n) is 2.82. The lowest BCUT2D eigenvalue weighted by molar-refractivity contribution is -0.121. The average molecular weight is 180 g/mol. The standard InChI is InChI=1S/C7H8N4O2/c1-4-2-5-9-10-6(12)3-11(5)7(13)8-4/h2,9H,3H2,1H3,(H,10,12). The molecule has 1 aromatic rings. The van der Waals surface area contributed by atoms with Crippen LogP contribution in [0.3, 0.4) is 0 Å². The van der Waals surface area contributed by atoms with Gasteiger partial charge in [0.15, 0.2) is 0 Å². The lowest BCUT2D eigenvalue weighted by Gasteiger charge is -2.19. The predicted octanol–water partition coefficient (Wildman–Crippen LogP) is -0.992. The van der Waals surface area contributed by atoms with Gasteiger partial charge in [0.05, 0.1) is 0 Å². The number of aryl methyl sites for hydroxylation is 1. The molecule has 6 nitrogen and oxygen atoms in total. The quantitative estimate of drug-likeness (QED) is 0.537. The zero-order chi connectivity index (χ0) is 9.42. The molecule has 0 aromatic carbocycles. The van der Waals surface area contributed by atoms with Crippen LogP contribution in [0.25, 0.3) is 0 Å². The molecule has 0 saturated carbocycles. The van der Waals surface area contributed by atoms with E-state index >= 15 is 0 Å². The maximum Gasteiger partial charge on any atom is 0.349 e. The number of carbonyl (C=O) groups is 1. The van der Waals surface area contributed by atoms with Gasteiger partial charge in [-0.3, -0.25) is 20.2 Å². The van der Waals surface area contributed by atoms with Gasteiger partial charge >= 0.3 is 5.69 Å². The van der Waals surface area contributed by atoms with E-state index in [1.54, 1.807) is 13.0 Å². The van der Waals surface area contributed by atoms with E-state index < -0.39 is 5.69 Å². The number of amides is 1. The Labute approximate surface area is 73.6 Å². The molecule has 1 aliphatic heterocycles. The number of carbonyl (C=O) groups excluding carboxylic acids is 1. The highest BCUT2D eigenvalue weighted by atomic mass is 16.2. The molecule has 2 rings (SSSR count). The minimum absolute atomic E-state index is 0.0223. The van der Waals surface area contributed by atoms with Crippen LogP contribution in [0, 0.1) is 6.92 Å². The summed E-state index contributed by atoms with van der Waals surface area (Å²) in [7, 11) is 0. The van der Waals surface area contributed by atoms with E-state index in [1.807, 2.05) is 0 Å². The third kappa shape index (κ3) is 1.26. The Morgan fingerprint density at radius 1 is 1.46 bits per heavy atom. The van der Waals surface area contributed by atoms with Crippen LogP contribution in [0.1, 0.15) is 5.69 Å². The smallest absolute Gasteiger partial charge is 0.283 e. The second kappa shape index (κ2) is 2.58. The van der Waals surface area contributed by atoms with Gasteiger partial charge in [-0.15, -0.1) is 0 Å². The first kappa shape index (κ1) is 7.78. The third-order valence-electron chi connectivity index (χ3n) is 1.77. The normalized spacial score (nSPS) is 14.4. The van der Waals surface area contributed by atoms with Gasteiger partial charge in [-0.1, -0.05) is 0 Å². The van der Waals surface area contributed by atoms with Crippen molar-refractivity contribution in [2.24, 2.45) is 0 Å². The third-order valence-corrected chi connectivity index (χ3v) is 1.77. The van der Waals surface area contributed by atoms with E-state index in [-0.39, 0.29) is 12.5 Å². The summed E-state index contributed by atoms with van der Waals surface area (Å²) in [5.74, 6) is 0.317. The number of hydrogen-bond acceptors (Lipinski definition) is 4. The summed E-state index contributed by atoms with van der Waals surface area (Å²) in [5, 5.41) is 0. The van der Waals surface area contributed by atoms with Crippen LogP contribution >= 0.6 is 0 Å². The molecule has 0 unspecified atom stereocenters. The van der Waals surface area contributed by atoms with Crippen LogP contribution in [0.5, 0.6) is 0 Å². The first-order valence-corrected chi connectivity index (χ1v) is 3.80. The summed E-state index contributed by atoms with van der Waals surface area (Å²) in [4.78, 5) is 25.9. The Morgan fingerprint density at radius 3 is 3.00 bits per heavy atom. The van der Waals surface area contributed by atoms with Crippen molar-refractivity contribution in [3.63, 3.8) is 0 Å². The van der Waals surface area contributed by atoms with Crippen LogP contribution in [0.15, 0.2) is 10.9 Å². The highest BCUT2D eigenvalue weighted by molar-refractivity contribution is 5.79. The summed E-state index contributed by atoms with van der Waals surface area (Å²) in [6.45, 7) is 1.74. The Kier molecular flexibility index (Phi) is 1.54. The van der Waals surface area contributed by atoms with E-state index in [1.165, 1.54) is 4.57 Å². The monoisotopic (exact) mass is 180 g/mol. The van der Waals surface area contributed by atoms with Gasteiger partial charge in [-0.2, -0.15) is 4.98 Å². The Hall–Kier alpha value is -1.85. The van der Waals surface area contributed by atoms with E-state index in [9.17, 15) is 9.59 Å². The number of hydrogen-bond donors (Lipinski definition) is 2. The molecule has 13 heavy (non-hydrogen) atoms. The van der Waals surface area contributed by atoms with Crippen LogP contribution < -0.4 is 16.5 Å². The lowest BCUT2D eigenvalue weighted by Crippen LogP contribution is -2.43. The topological polar surface area (TPSA) is 76.0 Å². The molecule has 68 valence electrons. The molecular formula is C7H8N4O2. The fourth-order valence-corrected chi connectivity index (χ4v) is 1.20. The molecule has 1 amide bonds. The van der Waals surface area contributed by atoms with E-state index in [2.05, 4.69) is 15.8 Å². The largest absolute Gasteiger partial charge is 0.349 e. The zero-order valence-corrected chi connectivity index (χ0v) is 7.00. The molecule has 1 aromatic heterocycles. The minimum Gasteiger partial charge on any atom is -0.283 e. The van der Waals surface area contributed by atoms with Crippen LogP contribution in [-0.2, 0) is 11.3 Å². The van der Waals surface area contributed by atoms with Gasteiger partial charge in [-0.05, 0) is 6.92 Å². The highest BCUT2D eigenvalue weighted by Gasteiger charge is 2.15. The molecule has 6 heteroatoms. The molecule has 1 aliphatic rings. The van der Waals surface area contributed by atoms with E-state index in [0.29, 0.717) is 11.5 Å². The molecule has 2 N–H and O–H groups in total. The van der Waals surface area contributed by atoms with Crippen molar-refractivity contribution >= 4 is 11.7 Å². The summed E-state index contributed by atoms with van der Waals surface area (Å²) in [5.41, 5.74) is 5.25. The molecular weight excluding hydrogens is 172 g/mol. The molecule has 0 atom stereocenters. The summed E-state index contributed by atoms with van der Waals surface area (Å²) < 4.78 is 1.28. The average Bonchev–Trinajstić information content (AvgIpc) is 2.06. The molecule has 0 bridgehead atoms. The van der Waals surface area contributed by atoms with Crippen LogP contribution in [0.2, 0.25) is 0 Å². The zero-order valence-electron chi connectivity index (χ0n) is 7.00. The highest BCUT2D eigenvalue weighted by Crippen LogP contribution is 2.06.